The molecule has 0 atom stereocenters. The molecule has 502 valence electrons. The van der Waals surface area contributed by atoms with E-state index >= 15 is 0 Å². The van der Waals surface area contributed by atoms with Crippen molar-refractivity contribution in [2.24, 2.45) is 10.2 Å². The van der Waals surface area contributed by atoms with Crippen LogP contribution in [0.1, 0.15) is 97.0 Å². The predicted molar refractivity (Wildman–Crippen MR) is 355 cm³/mol. The summed E-state index contributed by atoms with van der Waals surface area (Å²) in [5.74, 6) is -0.863. The van der Waals surface area contributed by atoms with E-state index in [1.165, 1.54) is 60.6 Å². The molecular weight excluding hydrogens is 1510 g/mol. The zero-order valence-electron chi connectivity index (χ0n) is 59.8. The molecule has 0 aromatic heterocycles. The third-order valence-electron chi connectivity index (χ3n) is 14.7. The van der Waals surface area contributed by atoms with E-state index in [2.05, 4.69) is 34.8 Å². The van der Waals surface area contributed by atoms with Gasteiger partial charge in [-0.05, 0) is 151 Å². The Labute approximate surface area is 691 Å². The number of aromatic hydroxyl groups is 1. The van der Waals surface area contributed by atoms with Crippen LogP contribution in [0.25, 0.3) is 0 Å². The number of benzene rings is 7. The predicted octanol–water partition coefficient (Wildman–Crippen LogP) is 4.00. The zero-order valence-corrected chi connectivity index (χ0v) is 66.2. The van der Waals surface area contributed by atoms with Crippen molar-refractivity contribution < 1.29 is 222 Å². The number of halogens is 2. The molecule has 4 heterocycles. The Morgan fingerprint density at radius 3 is 1.46 bits per heavy atom. The molecule has 0 spiro atoms. The fourth-order valence-corrected chi connectivity index (χ4v) is 10.3. The van der Waals surface area contributed by atoms with E-state index in [0.29, 0.717) is 107 Å². The SMILES string of the molecule is C.C.COc1cc(CNC(=O)c2ccc(CN3C=C4C(=O)N(c5ccc(F)c(C)c5)N=C4CC3)cc2)ccc1O.O=CO[O-].[2H]C([2H])([2H])OS(=O)(=O)c1ccc(C)cc1.[2H]C([2H])([2H])Oc1ccc(CNC(=O)c2ccc(CN3C=C4C(=O)N(c5ccc(F)c(C)c5)N=C4CC3)cc2)cc1OC.[Cs+].[Cs+].[H-]. The van der Waals surface area contributed by atoms with Gasteiger partial charge in [-0.15, -0.1) is 0 Å². The van der Waals surface area contributed by atoms with E-state index in [9.17, 15) is 41.5 Å². The summed E-state index contributed by atoms with van der Waals surface area (Å²) in [6.07, 6.45) is 4.86. The van der Waals surface area contributed by atoms with Crippen LogP contribution in [0.4, 0.5) is 20.2 Å². The van der Waals surface area contributed by atoms with Gasteiger partial charge in [-0.3, -0.25) is 28.2 Å². The van der Waals surface area contributed by atoms with Crippen LogP contribution in [0.5, 0.6) is 23.0 Å². The first-order chi connectivity index (χ1) is 46.9. The van der Waals surface area contributed by atoms with Gasteiger partial charge in [0.25, 0.3) is 40.2 Å². The number of hydrogen-bond donors (Lipinski definition) is 3. The van der Waals surface area contributed by atoms with Crippen LogP contribution in [0.15, 0.2) is 184 Å². The molecule has 7 aromatic carbocycles. The van der Waals surface area contributed by atoms with Gasteiger partial charge < -0.3 is 51.3 Å². The second kappa shape index (κ2) is 39.2. The third-order valence-corrected chi connectivity index (χ3v) is 15.8. The van der Waals surface area contributed by atoms with Gasteiger partial charge in [0, 0.05) is 75.6 Å². The maximum Gasteiger partial charge on any atom is 1.00 e. The molecule has 0 aliphatic carbocycles. The van der Waals surface area contributed by atoms with Crippen molar-refractivity contribution in [1.82, 2.24) is 20.4 Å². The summed E-state index contributed by atoms with van der Waals surface area (Å²) in [5.41, 5.74) is 9.85. The number of aryl methyl sites for hydroxylation is 3. The number of nitrogens with zero attached hydrogens (tertiary/aromatic N) is 6. The number of fused-ring (bicyclic) bond motifs is 2. The summed E-state index contributed by atoms with van der Waals surface area (Å²) in [4.78, 5) is 66.6. The van der Waals surface area contributed by atoms with E-state index in [-0.39, 0.29) is 224 Å². The van der Waals surface area contributed by atoms with Crippen LogP contribution in [-0.4, -0.2) is 106 Å². The van der Waals surface area contributed by atoms with E-state index in [1.807, 2.05) is 41.6 Å². The van der Waals surface area contributed by atoms with E-state index in [4.69, 9.17) is 32.5 Å². The molecule has 97 heavy (non-hydrogen) atoms. The van der Waals surface area contributed by atoms with Crippen LogP contribution >= 0.6 is 0 Å². The van der Waals surface area contributed by atoms with Crippen molar-refractivity contribution in [3.05, 3.63) is 231 Å². The third kappa shape index (κ3) is 22.2. The molecule has 7 aromatic rings. The van der Waals surface area contributed by atoms with Gasteiger partial charge in [0.2, 0.25) is 0 Å². The molecule has 4 amide bonds. The second-order valence-corrected chi connectivity index (χ2v) is 22.7. The fourth-order valence-electron chi connectivity index (χ4n) is 9.71. The molecule has 0 bridgehead atoms. The quantitative estimate of drug-likeness (QED) is 0.0474. The molecule has 0 saturated heterocycles. The van der Waals surface area contributed by atoms with Crippen molar-refractivity contribution in [3.8, 4) is 23.0 Å². The number of carbonyl (C=O) groups is 5. The van der Waals surface area contributed by atoms with Crippen LogP contribution in [0.3, 0.4) is 0 Å². The summed E-state index contributed by atoms with van der Waals surface area (Å²) in [5, 5.41) is 35.5. The number of phenolic OH excluding ortho intramolecular Hbond substituents is 1. The smallest absolute Gasteiger partial charge is 1.00 e. The number of carbonyl (C=O) groups excluding carboxylic acids is 5. The fraction of sp³-hybridized carbons (Fsp3) is 0.243. The Hall–Kier alpha value is -6.66. The first-order valence-electron chi connectivity index (χ1n) is 31.4. The first kappa shape index (κ1) is 73.1. The standard InChI is InChI=1S/C30H29FN4O4.C29H27FN4O4.C8H10O3S.CH2O3.2CH4.2Cs.H/c1-19-14-23(9-10-25(19)31)35-30(37)24-18-34(13-12-26(24)33-35)17-20-4-7-22(8-5-20)29(36)32-16-21-6-11-27(38-2)28(15-21)39-3;1-18-13-22(8-9-24(18)30)34-29(37)23-17-33(12-11-25(23)32-34)16-19-3-6-21(7-4-19)28(36)31-15-20-5-10-26(35)27(14-20)38-2;1-7-3-5-8(6-4-7)12(9,10)11-2;2-1-4-3;;;;;/h4-11,14-15,18H,12-13,16-17H2,1-3H3,(H,32,36);3-10,13-14,17,35H,11-12,15-16H2,1-2H3,(H,31,36);3-6H,1-2H3;1,3H;2*1H4;;;/q;;;;;;2*+1;-1/p-1/i2D3;;2D3;;;;;;. The molecule has 0 saturated carbocycles. The normalized spacial score (nSPS) is 14.4. The molecule has 0 unspecified atom stereocenters. The minimum absolute atomic E-state index is 0. The number of ether oxygens (including phenoxy) is 3. The van der Waals surface area contributed by atoms with E-state index in [1.54, 1.807) is 106 Å². The number of anilines is 2. The van der Waals surface area contributed by atoms with Crippen molar-refractivity contribution >= 4 is 63.0 Å². The Morgan fingerprint density at radius 2 is 1.05 bits per heavy atom. The number of hydrogen-bond acceptors (Lipinski definition) is 18. The van der Waals surface area contributed by atoms with Crippen molar-refractivity contribution in [1.29, 1.82) is 0 Å². The number of methoxy groups -OCH3 is 3. The van der Waals surface area contributed by atoms with Crippen LogP contribution in [0, 0.1) is 32.4 Å². The van der Waals surface area contributed by atoms with Gasteiger partial charge in [-0.25, -0.2) is 8.78 Å². The topological polar surface area (TPSA) is 271 Å². The van der Waals surface area contributed by atoms with Gasteiger partial charge in [-0.1, -0.05) is 68.9 Å². The summed E-state index contributed by atoms with van der Waals surface area (Å²) in [6, 6.07) is 39.0. The average Bonchev–Trinajstić information content (AvgIpc) is 1.64. The number of nitrogens with one attached hydrogen (secondary N) is 2. The largest absolute Gasteiger partial charge is 1.00 e. The van der Waals surface area contributed by atoms with Crippen LogP contribution in [0.2, 0.25) is 0 Å². The van der Waals surface area contributed by atoms with E-state index < -0.39 is 24.2 Å². The number of amides is 4. The van der Waals surface area contributed by atoms with E-state index in [0.717, 1.165) is 28.0 Å². The number of phenols is 1. The summed E-state index contributed by atoms with van der Waals surface area (Å²) < 4.78 is 111. The summed E-state index contributed by atoms with van der Waals surface area (Å²) in [7, 11) is -6.87. The first-order valence-corrected chi connectivity index (χ1v) is 29.9. The molecule has 3 N–H and O–H groups in total. The van der Waals surface area contributed by atoms with Gasteiger partial charge in [0.05, 0.1) is 75.4 Å². The van der Waals surface area contributed by atoms with Crippen LogP contribution in [-0.2, 0) is 59.8 Å². The molecule has 27 heteroatoms. The van der Waals surface area contributed by atoms with Gasteiger partial charge in [0.1, 0.15) is 11.6 Å². The van der Waals surface area contributed by atoms with Crippen molar-refractivity contribution in [2.45, 2.75) is 79.5 Å². The average molecular weight is 1600 g/mol. The Balaban J connectivity index is 0.000000418. The summed E-state index contributed by atoms with van der Waals surface area (Å²) >= 11 is 0. The number of rotatable bonds is 18. The van der Waals surface area contributed by atoms with Gasteiger partial charge >= 0.3 is 138 Å². The van der Waals surface area contributed by atoms with Crippen molar-refractivity contribution in [2.75, 3.05) is 51.4 Å². The Morgan fingerprint density at radius 1 is 0.619 bits per heavy atom. The van der Waals surface area contributed by atoms with Gasteiger partial charge in [0.15, 0.2) is 23.0 Å². The Bertz CT molecular complexity index is 4410. The molecule has 11 rings (SSSR count). The molecule has 0 radical (unpaired) electrons. The number of hydrazone groups is 2. The molecule has 22 nitrogen and oxygen atoms in total. The monoisotopic (exact) mass is 1590 g/mol. The second-order valence-electron chi connectivity index (χ2n) is 21.1. The zero-order chi connectivity index (χ0) is 71.9. The van der Waals surface area contributed by atoms with Gasteiger partial charge in [-0.2, -0.15) is 28.6 Å². The summed E-state index contributed by atoms with van der Waals surface area (Å²) in [6.45, 7) is 7.92. The minimum Gasteiger partial charge on any atom is -1.00 e. The molecular formula is C70H76Cs2F2N8O14S. The van der Waals surface area contributed by atoms with Crippen molar-refractivity contribution in [3.63, 3.8) is 0 Å². The minimum atomic E-state index is -4.20. The maximum atomic E-state index is 13.7. The Kier molecular flexibility index (Phi) is 29.5. The van der Waals surface area contributed by atoms with Crippen LogP contribution < -0.4 is 178 Å². The molecule has 4 aliphatic heterocycles. The maximum absolute atomic E-state index is 13.7. The molecule has 4 aliphatic rings. The molecule has 0 fully saturated rings.